The first kappa shape index (κ1) is 48.0. The van der Waals surface area contributed by atoms with E-state index in [1.807, 2.05) is 0 Å². The molecule has 22 heteroatoms. The van der Waals surface area contributed by atoms with Crippen molar-refractivity contribution in [3.05, 3.63) is 95.1 Å². The number of carboxylic acids is 1. The predicted molar refractivity (Wildman–Crippen MR) is 213 cm³/mol. The lowest BCUT2D eigenvalue weighted by Crippen LogP contribution is -2.59. The van der Waals surface area contributed by atoms with E-state index < -0.39 is 108 Å². The summed E-state index contributed by atoms with van der Waals surface area (Å²) in [6.07, 6.45) is -1.51. The van der Waals surface area contributed by atoms with Crippen molar-refractivity contribution in [2.45, 2.75) is 68.7 Å². The summed E-state index contributed by atoms with van der Waals surface area (Å²) in [5.41, 5.74) is 17.8. The Morgan fingerprint density at radius 1 is 0.623 bits per heavy atom. The zero-order valence-corrected chi connectivity index (χ0v) is 32.6. The van der Waals surface area contributed by atoms with Gasteiger partial charge in [-0.3, -0.25) is 39.0 Å². The second kappa shape index (κ2) is 23.3. The quantitative estimate of drug-likeness (QED) is 0.0213. The maximum Gasteiger partial charge on any atom is 0.305 e. The van der Waals surface area contributed by atoms with Crippen molar-refractivity contribution in [2.75, 3.05) is 13.1 Å². The van der Waals surface area contributed by atoms with Crippen molar-refractivity contribution in [3.63, 3.8) is 0 Å². The summed E-state index contributed by atoms with van der Waals surface area (Å²) in [7, 11) is 0. The van der Waals surface area contributed by atoms with E-state index in [-0.39, 0.29) is 50.2 Å². The number of amides is 6. The number of benzene rings is 3. The SMILES string of the molecule is N=C(N)NCCCC(NC(=O)C(Cc1ccc(O)c(O)c1)NC(=O)C(Cc1ccc(F)cc1)NC(=O)C(N)Cc1ccc(F)cc1)C(=O)NCC(=O)NC(CC(=O)O)C(N)=O. The molecule has 5 atom stereocenters. The molecule has 61 heavy (non-hydrogen) atoms. The molecule has 5 unspecified atom stereocenters. The third-order valence-corrected chi connectivity index (χ3v) is 8.90. The molecule has 3 rings (SSSR count). The fourth-order valence-corrected chi connectivity index (χ4v) is 5.73. The number of aliphatic carboxylic acids is 1. The highest BCUT2D eigenvalue weighted by Crippen LogP contribution is 2.25. The number of carbonyl (C=O) groups is 7. The van der Waals surface area contributed by atoms with Gasteiger partial charge in [-0.25, -0.2) is 8.78 Å². The molecule has 3 aromatic rings. The third-order valence-electron chi connectivity index (χ3n) is 8.90. The van der Waals surface area contributed by atoms with Crippen LogP contribution in [0.4, 0.5) is 8.78 Å². The maximum absolute atomic E-state index is 14.1. The van der Waals surface area contributed by atoms with Crippen LogP contribution in [0.1, 0.15) is 36.0 Å². The summed E-state index contributed by atoms with van der Waals surface area (Å²) in [4.78, 5) is 90.2. The Hall–Kier alpha value is -7.36. The predicted octanol–water partition coefficient (Wildman–Crippen LogP) is -1.99. The molecule has 0 aliphatic heterocycles. The molecule has 0 spiro atoms. The molecule has 0 aromatic heterocycles. The van der Waals surface area contributed by atoms with E-state index in [1.54, 1.807) is 0 Å². The number of phenols is 2. The first-order chi connectivity index (χ1) is 28.8. The van der Waals surface area contributed by atoms with E-state index in [2.05, 4.69) is 31.9 Å². The van der Waals surface area contributed by atoms with E-state index >= 15 is 0 Å². The molecule has 0 aliphatic rings. The van der Waals surface area contributed by atoms with Crippen molar-refractivity contribution in [3.8, 4) is 11.5 Å². The van der Waals surface area contributed by atoms with Gasteiger partial charge in [-0.2, -0.15) is 0 Å². The average Bonchev–Trinajstić information content (AvgIpc) is 3.19. The van der Waals surface area contributed by atoms with Crippen LogP contribution in [-0.2, 0) is 52.8 Å². The van der Waals surface area contributed by atoms with E-state index in [0.717, 1.165) is 24.3 Å². The third kappa shape index (κ3) is 16.8. The second-order valence-electron chi connectivity index (χ2n) is 13.8. The minimum absolute atomic E-state index is 0.0481. The monoisotopic (exact) mass is 854 g/mol. The van der Waals surface area contributed by atoms with Crippen LogP contribution in [0.3, 0.4) is 0 Å². The molecule has 328 valence electrons. The van der Waals surface area contributed by atoms with Crippen LogP contribution in [0.2, 0.25) is 0 Å². The summed E-state index contributed by atoms with van der Waals surface area (Å²) in [6.45, 7) is -0.729. The Kier molecular flexibility index (Phi) is 18.3. The molecule has 16 N–H and O–H groups in total. The lowest BCUT2D eigenvalue weighted by atomic mass is 10.0. The minimum atomic E-state index is -1.60. The number of nitrogens with two attached hydrogens (primary N) is 3. The number of hydrogen-bond donors (Lipinski definition) is 13. The summed E-state index contributed by atoms with van der Waals surface area (Å²) < 4.78 is 27.2. The molecule has 0 aliphatic carbocycles. The minimum Gasteiger partial charge on any atom is -0.504 e. The number of rotatable bonds is 23. The Morgan fingerprint density at radius 3 is 1.66 bits per heavy atom. The molecular weight excluding hydrogens is 806 g/mol. The maximum atomic E-state index is 14.1. The summed E-state index contributed by atoms with van der Waals surface area (Å²) >= 11 is 0. The Bertz CT molecular complexity index is 2060. The van der Waals surface area contributed by atoms with E-state index in [9.17, 15) is 52.6 Å². The van der Waals surface area contributed by atoms with Gasteiger partial charge in [0.25, 0.3) is 0 Å². The van der Waals surface area contributed by atoms with Gasteiger partial charge in [0.05, 0.1) is 19.0 Å². The van der Waals surface area contributed by atoms with Crippen LogP contribution >= 0.6 is 0 Å². The van der Waals surface area contributed by atoms with E-state index in [0.29, 0.717) is 11.1 Å². The molecule has 3 aromatic carbocycles. The fourth-order valence-electron chi connectivity index (χ4n) is 5.73. The number of halogens is 2. The van der Waals surface area contributed by atoms with Gasteiger partial charge in [-0.05, 0) is 72.4 Å². The summed E-state index contributed by atoms with van der Waals surface area (Å²) in [5, 5.41) is 50.9. The topological polar surface area (TPSA) is 354 Å². The molecule has 0 saturated heterocycles. The zero-order valence-electron chi connectivity index (χ0n) is 32.6. The number of hydrogen-bond acceptors (Lipinski definition) is 11. The average molecular weight is 855 g/mol. The Morgan fingerprint density at radius 2 is 1.13 bits per heavy atom. The van der Waals surface area contributed by atoms with Crippen molar-refractivity contribution >= 4 is 47.4 Å². The van der Waals surface area contributed by atoms with Gasteiger partial charge in [-0.1, -0.05) is 30.3 Å². The summed E-state index contributed by atoms with van der Waals surface area (Å²) in [6, 6.07) is 6.54. The van der Waals surface area contributed by atoms with Gasteiger partial charge in [0, 0.05) is 19.4 Å². The first-order valence-corrected chi connectivity index (χ1v) is 18.6. The van der Waals surface area contributed by atoms with Crippen molar-refractivity contribution in [1.29, 1.82) is 5.41 Å². The standard InChI is InChI=1S/C39H48F2N10O10/c40-23-8-3-20(4-9-23)14-25(42)35(58)50-28(15-21-5-10-24(41)11-6-21)38(61)51-29(16-22-7-12-30(52)31(53)17-22)37(60)49-26(2-1-13-46-39(44)45)36(59)47-19-32(54)48-27(34(43)57)18-33(55)56/h3-12,17,25-29,52-53H,1-2,13-16,18-19,42H2,(H2,43,57)(H,47,59)(H,48,54)(H,49,60)(H,50,58)(H,51,61)(H,55,56)(H4,44,45,46). The van der Waals surface area contributed by atoms with Gasteiger partial charge in [0.1, 0.15) is 35.8 Å². The molecule has 20 nitrogen and oxygen atoms in total. The Balaban J connectivity index is 1.90. The van der Waals surface area contributed by atoms with Crippen molar-refractivity contribution in [2.24, 2.45) is 17.2 Å². The number of carbonyl (C=O) groups excluding carboxylic acids is 6. The highest BCUT2D eigenvalue weighted by Gasteiger charge is 2.32. The molecule has 0 saturated carbocycles. The smallest absolute Gasteiger partial charge is 0.305 e. The number of carboxylic acid groups (broad SMARTS) is 1. The lowest BCUT2D eigenvalue weighted by Gasteiger charge is -2.26. The highest BCUT2D eigenvalue weighted by molar-refractivity contribution is 5.96. The van der Waals surface area contributed by atoms with Crippen LogP contribution < -0.4 is 49.1 Å². The van der Waals surface area contributed by atoms with Gasteiger partial charge < -0.3 is 64.4 Å². The normalized spacial score (nSPS) is 13.2. The van der Waals surface area contributed by atoms with Gasteiger partial charge in [0.2, 0.25) is 35.4 Å². The number of nitrogens with one attached hydrogen (secondary N) is 7. The molecule has 6 amide bonds. The molecule has 0 bridgehead atoms. The van der Waals surface area contributed by atoms with Crippen LogP contribution in [0.5, 0.6) is 11.5 Å². The van der Waals surface area contributed by atoms with Crippen molar-refractivity contribution in [1.82, 2.24) is 31.9 Å². The van der Waals surface area contributed by atoms with Gasteiger partial charge in [0.15, 0.2) is 17.5 Å². The van der Waals surface area contributed by atoms with Crippen LogP contribution in [0, 0.1) is 17.0 Å². The second-order valence-corrected chi connectivity index (χ2v) is 13.8. The fraction of sp³-hybridized carbons (Fsp3) is 0.333. The van der Waals surface area contributed by atoms with E-state index in [4.69, 9.17) is 27.7 Å². The first-order valence-electron chi connectivity index (χ1n) is 18.6. The highest BCUT2D eigenvalue weighted by atomic mass is 19.1. The lowest BCUT2D eigenvalue weighted by molar-refractivity contribution is -0.140. The van der Waals surface area contributed by atoms with Crippen LogP contribution in [-0.4, -0.2) is 106 Å². The zero-order chi connectivity index (χ0) is 45.2. The number of aromatic hydroxyl groups is 2. The number of guanidine groups is 1. The number of phenolic OH excluding ortho intramolecular Hbond substituents is 2. The number of primary amides is 1. The van der Waals surface area contributed by atoms with E-state index in [1.165, 1.54) is 42.5 Å². The molecule has 0 heterocycles. The molecular formula is C39H48F2N10O10. The molecule has 0 radical (unpaired) electrons. The van der Waals surface area contributed by atoms with Crippen molar-refractivity contribution < 1.29 is 57.7 Å². The molecule has 0 fully saturated rings. The van der Waals surface area contributed by atoms with Crippen LogP contribution in [0.25, 0.3) is 0 Å². The van der Waals surface area contributed by atoms with Gasteiger partial charge >= 0.3 is 5.97 Å². The largest absolute Gasteiger partial charge is 0.504 e. The van der Waals surface area contributed by atoms with Gasteiger partial charge in [-0.15, -0.1) is 0 Å². The Labute approximate surface area is 347 Å². The van der Waals surface area contributed by atoms with Crippen LogP contribution in [0.15, 0.2) is 66.7 Å². The summed E-state index contributed by atoms with van der Waals surface area (Å²) in [5.74, 6) is -9.76.